The van der Waals surface area contributed by atoms with E-state index in [0.717, 1.165) is 16.7 Å². The SMILES string of the molecule is CC[C@H](C)[C@H](Nc1nc(N)nc(N)c1C#N)c1nc2cccc(Cl)c2c(=O)n1-c1cc(F)cc(F)c1. The molecule has 12 heteroatoms. The first-order chi connectivity index (χ1) is 17.1. The molecule has 0 fully saturated rings. The number of fused-ring (bicyclic) bond motifs is 1. The van der Waals surface area contributed by atoms with Crippen LogP contribution in [0.4, 0.5) is 26.4 Å². The summed E-state index contributed by atoms with van der Waals surface area (Å²) in [7, 11) is 0. The maximum absolute atomic E-state index is 14.2. The number of nitriles is 1. The topological polar surface area (TPSA) is 149 Å². The molecule has 0 saturated heterocycles. The predicted molar refractivity (Wildman–Crippen MR) is 134 cm³/mol. The van der Waals surface area contributed by atoms with Gasteiger partial charge in [-0.3, -0.25) is 9.36 Å². The molecule has 36 heavy (non-hydrogen) atoms. The van der Waals surface area contributed by atoms with Crippen LogP contribution in [-0.4, -0.2) is 19.5 Å². The predicted octanol–water partition coefficient (Wildman–Crippen LogP) is 4.34. The molecule has 0 radical (unpaired) electrons. The number of aromatic nitrogens is 4. The molecule has 2 heterocycles. The molecule has 0 spiro atoms. The molecule has 0 unspecified atom stereocenters. The van der Waals surface area contributed by atoms with Crippen molar-refractivity contribution in [3.63, 3.8) is 0 Å². The molecule has 0 aliphatic carbocycles. The molecule has 9 nitrogen and oxygen atoms in total. The van der Waals surface area contributed by atoms with Gasteiger partial charge in [-0.05, 0) is 30.2 Å². The molecular formula is C24H21ClF2N8O. The van der Waals surface area contributed by atoms with Crippen LogP contribution in [0, 0.1) is 28.9 Å². The molecule has 0 saturated carbocycles. The van der Waals surface area contributed by atoms with Gasteiger partial charge >= 0.3 is 0 Å². The fraction of sp³-hybridized carbons (Fsp3) is 0.208. The fourth-order valence-electron chi connectivity index (χ4n) is 3.89. The number of hydrogen-bond acceptors (Lipinski definition) is 8. The highest BCUT2D eigenvalue weighted by Crippen LogP contribution is 2.32. The fourth-order valence-corrected chi connectivity index (χ4v) is 4.14. The highest BCUT2D eigenvalue weighted by molar-refractivity contribution is 6.35. The number of nitrogen functional groups attached to an aromatic ring is 2. The third kappa shape index (κ3) is 4.50. The van der Waals surface area contributed by atoms with Crippen LogP contribution in [-0.2, 0) is 0 Å². The third-order valence-electron chi connectivity index (χ3n) is 5.83. The van der Waals surface area contributed by atoms with E-state index in [2.05, 4.69) is 20.3 Å². The van der Waals surface area contributed by atoms with E-state index in [1.165, 1.54) is 6.07 Å². The summed E-state index contributed by atoms with van der Waals surface area (Å²) in [6.45, 7) is 3.79. The van der Waals surface area contributed by atoms with Gasteiger partial charge in [0.25, 0.3) is 5.56 Å². The van der Waals surface area contributed by atoms with Gasteiger partial charge in [0.05, 0.1) is 27.7 Å². The molecule has 4 aromatic rings. The second-order valence-corrected chi connectivity index (χ2v) is 8.59. The number of halogens is 3. The number of nitrogens with zero attached hydrogens (tertiary/aromatic N) is 5. The lowest BCUT2D eigenvalue weighted by Gasteiger charge is -2.28. The van der Waals surface area contributed by atoms with Crippen LogP contribution in [0.15, 0.2) is 41.2 Å². The Morgan fingerprint density at radius 1 is 1.17 bits per heavy atom. The number of hydrogen-bond donors (Lipinski definition) is 3. The van der Waals surface area contributed by atoms with Crippen molar-refractivity contribution in [1.82, 2.24) is 19.5 Å². The number of nitrogens with two attached hydrogens (primary N) is 2. The molecule has 0 bridgehead atoms. The summed E-state index contributed by atoms with van der Waals surface area (Å²) in [4.78, 5) is 26.3. The average Bonchev–Trinajstić information content (AvgIpc) is 2.81. The molecule has 0 aliphatic heterocycles. The van der Waals surface area contributed by atoms with Crippen LogP contribution >= 0.6 is 11.6 Å². The van der Waals surface area contributed by atoms with Crippen LogP contribution in [0.1, 0.15) is 37.7 Å². The van der Waals surface area contributed by atoms with Crippen LogP contribution in [0.25, 0.3) is 16.6 Å². The standard InChI is InChI=1S/C24H21ClF2N8O/c1-3-11(2)19(32-21-15(10-28)20(29)33-24(30)34-21)22-31-17-6-4-5-16(25)18(17)23(36)35(22)14-8-12(26)7-13(27)9-14/h4-9,11,19H,3H2,1-2H3,(H5,29,30,32,33,34)/t11-,19-/m0/s1. The Morgan fingerprint density at radius 3 is 2.50 bits per heavy atom. The Balaban J connectivity index is 2.06. The summed E-state index contributed by atoms with van der Waals surface area (Å²) in [5, 5.41) is 13.0. The van der Waals surface area contributed by atoms with Crippen LogP contribution < -0.4 is 22.3 Å². The number of rotatable bonds is 6. The first-order valence-electron chi connectivity index (χ1n) is 10.9. The van der Waals surface area contributed by atoms with Gasteiger partial charge in [-0.2, -0.15) is 15.2 Å². The molecule has 2 aromatic carbocycles. The quantitative estimate of drug-likeness (QED) is 0.347. The Kier molecular flexibility index (Phi) is 6.72. The van der Waals surface area contributed by atoms with Gasteiger partial charge in [0.1, 0.15) is 34.9 Å². The number of benzene rings is 2. The maximum Gasteiger partial charge on any atom is 0.267 e. The van der Waals surface area contributed by atoms with Gasteiger partial charge in [-0.1, -0.05) is 37.9 Å². The Bertz CT molecular complexity index is 1560. The zero-order chi connectivity index (χ0) is 26.1. The lowest BCUT2D eigenvalue weighted by molar-refractivity contribution is 0.455. The second-order valence-electron chi connectivity index (χ2n) is 8.18. The van der Waals surface area contributed by atoms with E-state index in [9.17, 15) is 18.8 Å². The second kappa shape index (κ2) is 9.75. The van der Waals surface area contributed by atoms with Gasteiger partial charge < -0.3 is 16.8 Å². The molecule has 2 aromatic heterocycles. The molecule has 0 amide bonds. The maximum atomic E-state index is 14.2. The van der Waals surface area contributed by atoms with Gasteiger partial charge in [0.2, 0.25) is 5.95 Å². The van der Waals surface area contributed by atoms with Crippen molar-refractivity contribution in [2.45, 2.75) is 26.3 Å². The Labute approximate surface area is 209 Å². The molecule has 0 aliphatic rings. The van der Waals surface area contributed by atoms with E-state index in [-0.39, 0.29) is 56.5 Å². The van der Waals surface area contributed by atoms with Crippen molar-refractivity contribution in [3.8, 4) is 11.8 Å². The summed E-state index contributed by atoms with van der Waals surface area (Å²) in [6, 6.07) is 8.68. The summed E-state index contributed by atoms with van der Waals surface area (Å²) < 4.78 is 29.6. The summed E-state index contributed by atoms with van der Waals surface area (Å²) >= 11 is 6.31. The number of anilines is 3. The van der Waals surface area contributed by atoms with Crippen LogP contribution in [0.3, 0.4) is 0 Å². The minimum absolute atomic E-state index is 0.0326. The Morgan fingerprint density at radius 2 is 1.86 bits per heavy atom. The van der Waals surface area contributed by atoms with Crippen LogP contribution in [0.2, 0.25) is 5.02 Å². The molecule has 184 valence electrons. The zero-order valence-corrected chi connectivity index (χ0v) is 20.0. The van der Waals surface area contributed by atoms with Crippen LogP contribution in [0.5, 0.6) is 0 Å². The molecule has 4 rings (SSSR count). The van der Waals surface area contributed by atoms with Gasteiger partial charge in [-0.15, -0.1) is 0 Å². The van der Waals surface area contributed by atoms with E-state index in [4.69, 9.17) is 23.1 Å². The largest absolute Gasteiger partial charge is 0.382 e. The van der Waals surface area contributed by atoms with Crippen molar-refractivity contribution in [2.24, 2.45) is 5.92 Å². The minimum Gasteiger partial charge on any atom is -0.382 e. The van der Waals surface area contributed by atoms with Crippen molar-refractivity contribution in [2.75, 3.05) is 16.8 Å². The van der Waals surface area contributed by atoms with Crippen molar-refractivity contribution in [3.05, 3.63) is 74.8 Å². The monoisotopic (exact) mass is 510 g/mol. The van der Waals surface area contributed by atoms with E-state index in [0.29, 0.717) is 12.5 Å². The van der Waals surface area contributed by atoms with Gasteiger partial charge in [-0.25, -0.2) is 13.8 Å². The third-order valence-corrected chi connectivity index (χ3v) is 6.14. The lowest BCUT2D eigenvalue weighted by Crippen LogP contribution is -2.31. The van der Waals surface area contributed by atoms with E-state index < -0.39 is 23.2 Å². The Hall–Kier alpha value is -4.30. The van der Waals surface area contributed by atoms with Crippen molar-refractivity contribution < 1.29 is 8.78 Å². The number of nitrogens with one attached hydrogen (secondary N) is 1. The van der Waals surface area contributed by atoms with E-state index >= 15 is 0 Å². The molecule has 5 N–H and O–H groups in total. The normalized spacial score (nSPS) is 12.8. The summed E-state index contributed by atoms with van der Waals surface area (Å²) in [5.41, 5.74) is 11.1. The highest BCUT2D eigenvalue weighted by Gasteiger charge is 2.28. The van der Waals surface area contributed by atoms with Gasteiger partial charge in [0.15, 0.2) is 5.82 Å². The summed E-state index contributed by atoms with van der Waals surface area (Å²) in [6.07, 6.45) is 0.594. The lowest BCUT2D eigenvalue weighted by atomic mass is 9.97. The first-order valence-corrected chi connectivity index (χ1v) is 11.3. The molecular weight excluding hydrogens is 490 g/mol. The summed E-state index contributed by atoms with van der Waals surface area (Å²) in [5.74, 6) is -2.12. The minimum atomic E-state index is -0.877. The first kappa shape index (κ1) is 24.8. The molecule has 2 atom stereocenters. The van der Waals surface area contributed by atoms with E-state index in [1.54, 1.807) is 12.1 Å². The highest BCUT2D eigenvalue weighted by atomic mass is 35.5. The van der Waals surface area contributed by atoms with Gasteiger partial charge in [0, 0.05) is 6.07 Å². The van der Waals surface area contributed by atoms with Crippen molar-refractivity contribution >= 4 is 40.1 Å². The zero-order valence-electron chi connectivity index (χ0n) is 19.3. The van der Waals surface area contributed by atoms with Crippen molar-refractivity contribution in [1.29, 1.82) is 5.26 Å². The average molecular weight is 511 g/mol. The smallest absolute Gasteiger partial charge is 0.267 e. The van der Waals surface area contributed by atoms with E-state index in [1.807, 2.05) is 19.9 Å².